The topological polar surface area (TPSA) is 81.2 Å². The minimum atomic E-state index is -0.706. The third-order valence-electron chi connectivity index (χ3n) is 2.47. The van der Waals surface area contributed by atoms with Crippen LogP contribution in [0.25, 0.3) is 0 Å². The van der Waals surface area contributed by atoms with Gasteiger partial charge in [0.15, 0.2) is 0 Å². The second-order valence-electron chi connectivity index (χ2n) is 3.86. The fraction of sp³-hybridized carbons (Fsp3) is 0.0769. The number of methoxy groups -OCH3 is 1. The molecule has 6 nitrogen and oxygen atoms in total. The van der Waals surface area contributed by atoms with E-state index in [4.69, 9.17) is 11.6 Å². The average Bonchev–Trinajstić information content (AvgIpc) is 2.46. The standard InChI is InChI=1S/C13H9ClFN3O3/c1-21-13(20)8-3-2-7(15)4-9(8)18-12(19)10-5-16-6-11(14)17-10/h2-6H,1H3,(H,18,19). The molecule has 0 aliphatic carbocycles. The Morgan fingerprint density at radius 2 is 2.10 bits per heavy atom. The van der Waals surface area contributed by atoms with E-state index in [0.29, 0.717) is 0 Å². The zero-order valence-corrected chi connectivity index (χ0v) is 11.5. The first-order chi connectivity index (χ1) is 10.0. The zero-order chi connectivity index (χ0) is 15.4. The molecule has 0 saturated carbocycles. The van der Waals surface area contributed by atoms with Gasteiger partial charge in [-0.15, -0.1) is 0 Å². The van der Waals surface area contributed by atoms with Crippen molar-refractivity contribution in [3.63, 3.8) is 0 Å². The third-order valence-corrected chi connectivity index (χ3v) is 2.66. The van der Waals surface area contributed by atoms with Gasteiger partial charge in [0.25, 0.3) is 5.91 Å². The summed E-state index contributed by atoms with van der Waals surface area (Å²) in [6, 6.07) is 3.30. The van der Waals surface area contributed by atoms with Gasteiger partial charge in [-0.25, -0.2) is 14.2 Å². The Kier molecular flexibility index (Phi) is 4.44. The van der Waals surface area contributed by atoms with Gasteiger partial charge >= 0.3 is 5.97 Å². The molecule has 0 unspecified atom stereocenters. The Hall–Kier alpha value is -2.54. The molecular weight excluding hydrogens is 301 g/mol. The quantitative estimate of drug-likeness (QED) is 0.880. The molecule has 1 N–H and O–H groups in total. The van der Waals surface area contributed by atoms with Crippen LogP contribution in [-0.2, 0) is 4.74 Å². The normalized spacial score (nSPS) is 10.0. The van der Waals surface area contributed by atoms with Gasteiger partial charge in [-0.05, 0) is 18.2 Å². The van der Waals surface area contributed by atoms with E-state index in [-0.39, 0.29) is 22.1 Å². The van der Waals surface area contributed by atoms with E-state index < -0.39 is 17.7 Å². The highest BCUT2D eigenvalue weighted by Crippen LogP contribution is 2.19. The molecule has 0 bridgehead atoms. The van der Waals surface area contributed by atoms with Crippen molar-refractivity contribution in [1.82, 2.24) is 9.97 Å². The molecule has 0 spiro atoms. The minimum absolute atomic E-state index is 0.0160. The monoisotopic (exact) mass is 309 g/mol. The van der Waals surface area contributed by atoms with Crippen molar-refractivity contribution in [2.45, 2.75) is 0 Å². The number of hydrogen-bond donors (Lipinski definition) is 1. The van der Waals surface area contributed by atoms with E-state index in [0.717, 1.165) is 12.1 Å². The molecule has 0 radical (unpaired) electrons. The van der Waals surface area contributed by atoms with E-state index >= 15 is 0 Å². The van der Waals surface area contributed by atoms with Gasteiger partial charge in [0.2, 0.25) is 0 Å². The van der Waals surface area contributed by atoms with Crippen molar-refractivity contribution in [3.8, 4) is 0 Å². The molecule has 2 rings (SSSR count). The Morgan fingerprint density at radius 3 is 2.76 bits per heavy atom. The smallest absolute Gasteiger partial charge is 0.339 e. The SMILES string of the molecule is COC(=O)c1ccc(F)cc1NC(=O)c1cncc(Cl)n1. The molecule has 1 aromatic carbocycles. The number of rotatable bonds is 3. The summed E-state index contributed by atoms with van der Waals surface area (Å²) in [6.07, 6.45) is 2.46. The maximum Gasteiger partial charge on any atom is 0.339 e. The Bertz CT molecular complexity index is 709. The van der Waals surface area contributed by atoms with Crippen molar-refractivity contribution >= 4 is 29.2 Å². The summed E-state index contributed by atoms with van der Waals surface area (Å²) >= 11 is 5.63. The van der Waals surface area contributed by atoms with E-state index in [1.807, 2.05) is 0 Å². The zero-order valence-electron chi connectivity index (χ0n) is 10.8. The van der Waals surface area contributed by atoms with Crippen LogP contribution in [0.1, 0.15) is 20.8 Å². The highest BCUT2D eigenvalue weighted by molar-refractivity contribution is 6.29. The van der Waals surface area contributed by atoms with Gasteiger partial charge in [0, 0.05) is 0 Å². The highest BCUT2D eigenvalue weighted by atomic mass is 35.5. The molecule has 0 aliphatic rings. The highest BCUT2D eigenvalue weighted by Gasteiger charge is 2.16. The van der Waals surface area contributed by atoms with Crippen LogP contribution in [0.2, 0.25) is 5.15 Å². The number of nitrogens with one attached hydrogen (secondary N) is 1. The van der Waals surface area contributed by atoms with Crippen LogP contribution in [0.5, 0.6) is 0 Å². The summed E-state index contributed by atoms with van der Waals surface area (Å²) < 4.78 is 17.8. The summed E-state index contributed by atoms with van der Waals surface area (Å²) in [7, 11) is 1.18. The number of carbonyl (C=O) groups is 2. The first-order valence-electron chi connectivity index (χ1n) is 5.68. The maximum absolute atomic E-state index is 13.3. The lowest BCUT2D eigenvalue weighted by Gasteiger charge is -2.09. The molecule has 0 atom stereocenters. The van der Waals surface area contributed by atoms with Gasteiger partial charge in [0.1, 0.15) is 16.7 Å². The Morgan fingerprint density at radius 1 is 1.33 bits per heavy atom. The summed E-state index contributed by atoms with van der Waals surface area (Å²) in [5, 5.41) is 2.41. The van der Waals surface area contributed by atoms with Crippen molar-refractivity contribution in [2.75, 3.05) is 12.4 Å². The predicted molar refractivity (Wildman–Crippen MR) is 72.7 cm³/mol. The number of ether oxygens (including phenoxy) is 1. The van der Waals surface area contributed by atoms with E-state index in [1.54, 1.807) is 0 Å². The molecule has 0 saturated heterocycles. The van der Waals surface area contributed by atoms with E-state index in [1.165, 1.54) is 25.6 Å². The first-order valence-corrected chi connectivity index (χ1v) is 6.06. The second kappa shape index (κ2) is 6.27. The number of benzene rings is 1. The van der Waals surface area contributed by atoms with Crippen LogP contribution in [-0.4, -0.2) is 29.0 Å². The molecular formula is C13H9ClFN3O3. The number of aromatic nitrogens is 2. The molecule has 8 heteroatoms. The molecule has 0 aliphatic heterocycles. The lowest BCUT2D eigenvalue weighted by atomic mass is 10.1. The predicted octanol–water partition coefficient (Wildman–Crippen LogP) is 2.31. The van der Waals surface area contributed by atoms with Crippen LogP contribution in [0.4, 0.5) is 10.1 Å². The molecule has 1 amide bonds. The second-order valence-corrected chi connectivity index (χ2v) is 4.25. The van der Waals surface area contributed by atoms with Crippen LogP contribution in [0, 0.1) is 5.82 Å². The summed E-state index contributed by atoms with van der Waals surface area (Å²) in [4.78, 5) is 31.1. The fourth-order valence-corrected chi connectivity index (χ4v) is 1.69. The molecule has 108 valence electrons. The lowest BCUT2D eigenvalue weighted by molar-refractivity contribution is 0.0602. The molecule has 1 aromatic heterocycles. The van der Waals surface area contributed by atoms with Crippen LogP contribution in [0.3, 0.4) is 0 Å². The van der Waals surface area contributed by atoms with Gasteiger partial charge in [-0.3, -0.25) is 9.78 Å². The van der Waals surface area contributed by atoms with Crippen LogP contribution < -0.4 is 5.32 Å². The van der Waals surface area contributed by atoms with Crippen molar-refractivity contribution in [2.24, 2.45) is 0 Å². The van der Waals surface area contributed by atoms with Gasteiger partial charge in [-0.2, -0.15) is 0 Å². The Labute approximate surface area is 123 Å². The Balaban J connectivity index is 2.32. The van der Waals surface area contributed by atoms with Crippen LogP contribution >= 0.6 is 11.6 Å². The summed E-state index contributed by atoms with van der Waals surface area (Å²) in [6.45, 7) is 0. The number of hydrogen-bond acceptors (Lipinski definition) is 5. The summed E-state index contributed by atoms with van der Waals surface area (Å²) in [5.41, 5.74) is -0.0848. The average molecular weight is 310 g/mol. The van der Waals surface area contributed by atoms with Gasteiger partial charge in [-0.1, -0.05) is 11.6 Å². The number of amides is 1. The fourth-order valence-electron chi connectivity index (χ4n) is 1.55. The minimum Gasteiger partial charge on any atom is -0.465 e. The third kappa shape index (κ3) is 3.51. The van der Waals surface area contributed by atoms with Gasteiger partial charge < -0.3 is 10.1 Å². The van der Waals surface area contributed by atoms with Crippen molar-refractivity contribution in [3.05, 3.63) is 52.8 Å². The maximum atomic E-state index is 13.3. The number of esters is 1. The molecule has 2 aromatic rings. The number of nitrogens with zero attached hydrogens (tertiary/aromatic N) is 2. The van der Waals surface area contributed by atoms with Crippen molar-refractivity contribution < 1.29 is 18.7 Å². The molecule has 21 heavy (non-hydrogen) atoms. The largest absolute Gasteiger partial charge is 0.465 e. The van der Waals surface area contributed by atoms with Crippen LogP contribution in [0.15, 0.2) is 30.6 Å². The van der Waals surface area contributed by atoms with Crippen molar-refractivity contribution in [1.29, 1.82) is 0 Å². The van der Waals surface area contributed by atoms with E-state index in [2.05, 4.69) is 20.0 Å². The number of carbonyl (C=O) groups excluding carboxylic acids is 2. The molecule has 1 heterocycles. The van der Waals surface area contributed by atoms with E-state index in [9.17, 15) is 14.0 Å². The number of halogens is 2. The molecule has 0 fully saturated rings. The lowest BCUT2D eigenvalue weighted by Crippen LogP contribution is -2.17. The number of anilines is 1. The summed E-state index contributed by atoms with van der Waals surface area (Å²) in [5.74, 6) is -2.00. The van der Waals surface area contributed by atoms with Gasteiger partial charge in [0.05, 0.1) is 30.8 Å². The first kappa shape index (κ1) is 14.9.